The van der Waals surface area contributed by atoms with E-state index in [4.69, 9.17) is 4.42 Å². The molecule has 3 aliphatic rings. The third-order valence-electron chi connectivity index (χ3n) is 14.6. The summed E-state index contributed by atoms with van der Waals surface area (Å²) in [5.74, 6) is 0.939. The number of nitrogens with zero attached hydrogens (tertiary/aromatic N) is 2. The molecule has 3 nitrogen and oxygen atoms in total. The molecule has 0 N–H and O–H groups in total. The van der Waals surface area contributed by atoms with Crippen LogP contribution in [0.2, 0.25) is 0 Å². The monoisotopic (exact) mass is 809 g/mol. The van der Waals surface area contributed by atoms with Crippen molar-refractivity contribution in [2.24, 2.45) is 0 Å². The van der Waals surface area contributed by atoms with Gasteiger partial charge < -0.3 is 9.32 Å². The fourth-order valence-corrected chi connectivity index (χ4v) is 10.4. The van der Waals surface area contributed by atoms with Crippen molar-refractivity contribution in [3.63, 3.8) is 0 Å². The predicted molar refractivity (Wildman–Crippen MR) is 265 cm³/mol. The standard InChI is InChI=1S/C57H69BN2O/c1-34-26-46-50-47(27-34)60(39-21-18-35(19-22-39)52(2,3)4)51-49(41-32-42-43(33-48(41)61-51)57(16,17)25-24-56(42,14)15)58(50)44-23-20-36(53(5,6)7)31-45(44)59(46)40-29-37(54(8,9)10)28-38(30-40)55(11,12)13/h18-23,26-33H,24-25H2,1-17H3. The minimum atomic E-state index is -0.0316. The van der Waals surface area contributed by atoms with Crippen LogP contribution in [0.15, 0.2) is 89.3 Å². The molecule has 0 saturated heterocycles. The molecule has 0 radical (unpaired) electrons. The van der Waals surface area contributed by atoms with E-state index in [0.29, 0.717) is 0 Å². The average molecular weight is 809 g/mol. The molecule has 0 saturated carbocycles. The first-order valence-electron chi connectivity index (χ1n) is 22.9. The van der Waals surface area contributed by atoms with Gasteiger partial charge >= 0.3 is 0 Å². The Morgan fingerprint density at radius 3 is 1.54 bits per heavy atom. The Kier molecular flexibility index (Phi) is 8.99. The summed E-state index contributed by atoms with van der Waals surface area (Å²) in [7, 11) is 0. The van der Waals surface area contributed by atoms with E-state index in [1.54, 1.807) is 0 Å². The maximum Gasteiger partial charge on any atom is 0.257 e. The normalized spacial score (nSPS) is 17.0. The summed E-state index contributed by atoms with van der Waals surface area (Å²) < 4.78 is 7.40. The summed E-state index contributed by atoms with van der Waals surface area (Å²) in [6.07, 6.45) is 2.33. The molecule has 1 aliphatic carbocycles. The van der Waals surface area contributed by atoms with E-state index in [1.165, 1.54) is 83.5 Å². The molecule has 1 aromatic heterocycles. The predicted octanol–water partition coefficient (Wildman–Crippen LogP) is 14.4. The van der Waals surface area contributed by atoms with E-state index in [0.717, 1.165) is 30.0 Å². The summed E-state index contributed by atoms with van der Waals surface area (Å²) >= 11 is 0. The Morgan fingerprint density at radius 1 is 0.492 bits per heavy atom. The zero-order valence-corrected chi connectivity index (χ0v) is 40.4. The van der Waals surface area contributed by atoms with Gasteiger partial charge in [0.2, 0.25) is 5.88 Å². The van der Waals surface area contributed by atoms with E-state index < -0.39 is 0 Å². The van der Waals surface area contributed by atoms with E-state index in [-0.39, 0.29) is 39.2 Å². The SMILES string of the molecule is Cc1cc2c3c(c1)N(c1ccc(C(C)(C)C)cc1)c1oc4cc5c(cc4c1B3c1ccc(C(C)(C)C)cc1N2c1cc(C(C)(C)C)cc(C(C)(C)C)c1)C(C)(C)CCC5(C)C. The largest absolute Gasteiger partial charge is 0.440 e. The molecule has 0 fully saturated rings. The van der Waals surface area contributed by atoms with Crippen LogP contribution in [0.3, 0.4) is 0 Å². The van der Waals surface area contributed by atoms with Gasteiger partial charge in [0, 0.05) is 39.3 Å². The first-order valence-corrected chi connectivity index (χ1v) is 22.9. The summed E-state index contributed by atoms with van der Waals surface area (Å²) in [6.45, 7) is 40.0. The summed E-state index contributed by atoms with van der Waals surface area (Å²) in [5, 5.41) is 1.24. The molecule has 0 spiro atoms. The van der Waals surface area contributed by atoms with Crippen molar-refractivity contribution in [3.05, 3.63) is 124 Å². The third kappa shape index (κ3) is 6.69. The highest BCUT2D eigenvalue weighted by Gasteiger charge is 2.48. The number of hydrogen-bond acceptors (Lipinski definition) is 3. The lowest BCUT2D eigenvalue weighted by atomic mass is 9.33. The number of benzene rings is 5. The molecule has 316 valence electrons. The highest BCUT2D eigenvalue weighted by Crippen LogP contribution is 2.51. The minimum absolute atomic E-state index is 0.0292. The van der Waals surface area contributed by atoms with Crippen molar-refractivity contribution < 1.29 is 4.42 Å². The summed E-state index contributed by atoms with van der Waals surface area (Å²) in [5.41, 5.74) is 20.5. The average Bonchev–Trinajstić information content (AvgIpc) is 3.52. The lowest BCUT2D eigenvalue weighted by Gasteiger charge is -2.44. The molecule has 9 rings (SSSR count). The van der Waals surface area contributed by atoms with Gasteiger partial charge in [0.05, 0.1) is 0 Å². The first-order chi connectivity index (χ1) is 28.1. The van der Waals surface area contributed by atoms with Crippen LogP contribution in [0, 0.1) is 6.92 Å². The van der Waals surface area contributed by atoms with Crippen LogP contribution in [0.25, 0.3) is 11.0 Å². The molecule has 0 amide bonds. The number of rotatable bonds is 2. The Morgan fingerprint density at radius 2 is 1.00 bits per heavy atom. The molecule has 5 aromatic carbocycles. The van der Waals surface area contributed by atoms with Crippen molar-refractivity contribution >= 4 is 68.4 Å². The smallest absolute Gasteiger partial charge is 0.257 e. The number of anilines is 6. The van der Waals surface area contributed by atoms with Gasteiger partial charge in [0.15, 0.2) is 0 Å². The molecular formula is C57H69BN2O. The van der Waals surface area contributed by atoms with Gasteiger partial charge in [-0.2, -0.15) is 0 Å². The molecule has 2 aliphatic heterocycles. The Hall–Kier alpha value is -4.70. The van der Waals surface area contributed by atoms with Crippen molar-refractivity contribution in [3.8, 4) is 0 Å². The van der Waals surface area contributed by atoms with Crippen LogP contribution in [-0.4, -0.2) is 6.71 Å². The Balaban J connectivity index is 1.42. The highest BCUT2D eigenvalue weighted by molar-refractivity contribution is 7.01. The number of aryl methyl sites for hydroxylation is 1. The van der Waals surface area contributed by atoms with Crippen LogP contribution in [0.5, 0.6) is 0 Å². The molecule has 6 aromatic rings. The van der Waals surface area contributed by atoms with Crippen molar-refractivity contribution in [2.75, 3.05) is 9.80 Å². The molecule has 0 bridgehead atoms. The lowest BCUT2D eigenvalue weighted by molar-refractivity contribution is 0.332. The second kappa shape index (κ2) is 13.2. The van der Waals surface area contributed by atoms with Gasteiger partial charge in [-0.1, -0.05) is 141 Å². The zero-order valence-electron chi connectivity index (χ0n) is 40.4. The molecule has 0 unspecified atom stereocenters. The van der Waals surface area contributed by atoms with Crippen molar-refractivity contribution in [2.45, 2.75) is 163 Å². The van der Waals surface area contributed by atoms with Gasteiger partial charge in [-0.25, -0.2) is 0 Å². The molecule has 3 heterocycles. The number of fused-ring (bicyclic) bond motifs is 7. The molecule has 4 heteroatoms. The van der Waals surface area contributed by atoms with Gasteiger partial charge in [0.1, 0.15) is 5.58 Å². The van der Waals surface area contributed by atoms with E-state index in [9.17, 15) is 0 Å². The molecule has 61 heavy (non-hydrogen) atoms. The summed E-state index contributed by atoms with van der Waals surface area (Å²) in [6, 6.07) is 33.9. The fourth-order valence-electron chi connectivity index (χ4n) is 10.4. The number of furan rings is 1. The van der Waals surface area contributed by atoms with Crippen LogP contribution in [0.4, 0.5) is 34.3 Å². The highest BCUT2D eigenvalue weighted by atomic mass is 16.4. The van der Waals surface area contributed by atoms with E-state index in [2.05, 4.69) is 212 Å². The van der Waals surface area contributed by atoms with Crippen molar-refractivity contribution in [1.82, 2.24) is 0 Å². The quantitative estimate of drug-likeness (QED) is 0.162. The maximum atomic E-state index is 7.40. The number of hydrogen-bond donors (Lipinski definition) is 0. The van der Waals surface area contributed by atoms with Crippen LogP contribution < -0.4 is 26.2 Å². The second-order valence-electron chi connectivity index (χ2n) is 24.4. The van der Waals surface area contributed by atoms with Gasteiger partial charge in [-0.15, -0.1) is 0 Å². The minimum Gasteiger partial charge on any atom is -0.440 e. The van der Waals surface area contributed by atoms with E-state index >= 15 is 0 Å². The van der Waals surface area contributed by atoms with Gasteiger partial charge in [-0.3, -0.25) is 4.90 Å². The van der Waals surface area contributed by atoms with Crippen LogP contribution >= 0.6 is 0 Å². The van der Waals surface area contributed by atoms with Gasteiger partial charge in [-0.05, 0) is 157 Å². The van der Waals surface area contributed by atoms with Crippen LogP contribution in [-0.2, 0) is 32.5 Å². The summed E-state index contributed by atoms with van der Waals surface area (Å²) in [4.78, 5) is 5.08. The maximum absolute atomic E-state index is 7.40. The zero-order chi connectivity index (χ0) is 44.1. The van der Waals surface area contributed by atoms with Gasteiger partial charge in [0.25, 0.3) is 6.71 Å². The first kappa shape index (κ1) is 41.6. The fraction of sp³-hybridized carbons (Fsp3) is 0.439. The Labute approximate surface area is 368 Å². The topological polar surface area (TPSA) is 19.6 Å². The van der Waals surface area contributed by atoms with E-state index in [1.807, 2.05) is 0 Å². The lowest BCUT2D eigenvalue weighted by Crippen LogP contribution is -2.61. The van der Waals surface area contributed by atoms with Crippen LogP contribution in [0.1, 0.15) is 163 Å². The molecular weight excluding hydrogens is 739 g/mol. The third-order valence-corrected chi connectivity index (χ3v) is 14.6. The van der Waals surface area contributed by atoms with Crippen molar-refractivity contribution in [1.29, 1.82) is 0 Å². The molecule has 0 atom stereocenters. The Bertz CT molecular complexity index is 2720. The second-order valence-corrected chi connectivity index (χ2v) is 24.4.